The fraction of sp³-hybridized carbons (Fsp3) is 0.107. The molecule has 0 aliphatic carbocycles. The highest BCUT2D eigenvalue weighted by atomic mass is 19.1. The van der Waals surface area contributed by atoms with Gasteiger partial charge in [0.05, 0.1) is 35.0 Å². The van der Waals surface area contributed by atoms with E-state index in [0.717, 1.165) is 56.4 Å². The zero-order valence-corrected chi connectivity index (χ0v) is 19.9. The van der Waals surface area contributed by atoms with Crippen LogP contribution in [0, 0.1) is 5.82 Å². The van der Waals surface area contributed by atoms with Crippen molar-refractivity contribution in [2.45, 2.75) is 19.8 Å². The number of anilines is 1. The lowest BCUT2D eigenvalue weighted by Crippen LogP contribution is -2.10. The molecule has 0 spiro atoms. The normalized spacial score (nSPS) is 11.3. The molecule has 1 aromatic carbocycles. The average molecular weight is 492 g/mol. The maximum Gasteiger partial charge on any atom is 0.224 e. The van der Waals surface area contributed by atoms with E-state index < -0.39 is 0 Å². The Labute approximate surface area is 211 Å². The number of rotatable bonds is 6. The highest BCUT2D eigenvalue weighted by molar-refractivity contribution is 6.00. The number of carbonyl (C=O) groups excluding carboxylic acids is 1. The lowest BCUT2D eigenvalue weighted by molar-refractivity contribution is -0.116. The Kier molecular flexibility index (Phi) is 5.65. The van der Waals surface area contributed by atoms with Gasteiger partial charge < -0.3 is 10.3 Å². The summed E-state index contributed by atoms with van der Waals surface area (Å²) < 4.78 is 13.9. The number of aromatic amines is 2. The van der Waals surface area contributed by atoms with Crippen LogP contribution in [-0.4, -0.2) is 36.0 Å². The minimum Gasteiger partial charge on any atom is -0.352 e. The van der Waals surface area contributed by atoms with Crippen LogP contribution in [-0.2, 0) is 4.79 Å². The fourth-order valence-electron chi connectivity index (χ4n) is 4.45. The molecule has 6 rings (SSSR count). The molecule has 0 aliphatic heterocycles. The van der Waals surface area contributed by atoms with E-state index in [4.69, 9.17) is 0 Å². The molecule has 5 heterocycles. The van der Waals surface area contributed by atoms with Gasteiger partial charge in [0.2, 0.25) is 5.91 Å². The van der Waals surface area contributed by atoms with Crippen molar-refractivity contribution in [3.63, 3.8) is 0 Å². The van der Waals surface area contributed by atoms with Gasteiger partial charge in [-0.3, -0.25) is 19.9 Å². The number of pyridine rings is 3. The van der Waals surface area contributed by atoms with Gasteiger partial charge in [-0.15, -0.1) is 0 Å². The van der Waals surface area contributed by atoms with Crippen LogP contribution in [0.3, 0.4) is 0 Å². The molecule has 9 heteroatoms. The van der Waals surface area contributed by atoms with Crippen LogP contribution in [0.2, 0.25) is 0 Å². The molecule has 0 aliphatic rings. The Morgan fingerprint density at radius 2 is 1.81 bits per heavy atom. The molecule has 182 valence electrons. The number of benzene rings is 1. The van der Waals surface area contributed by atoms with Crippen molar-refractivity contribution in [1.82, 2.24) is 30.1 Å². The molecule has 0 bridgehead atoms. The first-order valence-electron chi connectivity index (χ1n) is 11.9. The van der Waals surface area contributed by atoms with Crippen molar-refractivity contribution in [1.29, 1.82) is 0 Å². The highest BCUT2D eigenvalue weighted by Crippen LogP contribution is 2.34. The van der Waals surface area contributed by atoms with Crippen molar-refractivity contribution in [3.05, 3.63) is 79.3 Å². The zero-order chi connectivity index (χ0) is 25.4. The summed E-state index contributed by atoms with van der Waals surface area (Å²) in [5.74, 6) is -0.343. The SMILES string of the molecule is CCCC(=O)Nc1cncc(-c2cnc3n[nH]c(-c4cc5c(-c6cccc(F)c6)cncc5[nH]4)c3c2)c1. The molecule has 0 atom stereocenters. The number of amides is 1. The van der Waals surface area contributed by atoms with Gasteiger partial charge in [0.15, 0.2) is 5.65 Å². The van der Waals surface area contributed by atoms with Crippen LogP contribution in [0.5, 0.6) is 0 Å². The van der Waals surface area contributed by atoms with Crippen LogP contribution in [0.15, 0.2) is 73.4 Å². The number of nitrogens with zero attached hydrogens (tertiary/aromatic N) is 4. The van der Waals surface area contributed by atoms with Crippen molar-refractivity contribution in [2.75, 3.05) is 5.32 Å². The molecule has 1 amide bonds. The summed E-state index contributed by atoms with van der Waals surface area (Å²) in [5.41, 5.74) is 6.85. The second-order valence-corrected chi connectivity index (χ2v) is 8.80. The van der Waals surface area contributed by atoms with E-state index in [2.05, 4.69) is 35.5 Å². The number of hydrogen-bond donors (Lipinski definition) is 3. The van der Waals surface area contributed by atoms with Gasteiger partial charge in [-0.25, -0.2) is 9.37 Å². The van der Waals surface area contributed by atoms with E-state index in [1.54, 1.807) is 37.1 Å². The van der Waals surface area contributed by atoms with Gasteiger partial charge in [-0.05, 0) is 42.3 Å². The van der Waals surface area contributed by atoms with E-state index in [9.17, 15) is 9.18 Å². The number of fused-ring (bicyclic) bond motifs is 2. The first-order valence-corrected chi connectivity index (χ1v) is 11.9. The molecular formula is C28H22FN7O. The number of aromatic nitrogens is 6. The van der Waals surface area contributed by atoms with Gasteiger partial charge in [0.1, 0.15) is 5.82 Å². The number of H-pyrrole nitrogens is 2. The van der Waals surface area contributed by atoms with E-state index in [-0.39, 0.29) is 11.7 Å². The zero-order valence-electron chi connectivity index (χ0n) is 19.9. The molecule has 3 N–H and O–H groups in total. The van der Waals surface area contributed by atoms with Crippen LogP contribution in [0.4, 0.5) is 10.1 Å². The topological polar surface area (TPSA) is 112 Å². The molecule has 0 saturated carbocycles. The average Bonchev–Trinajstić information content (AvgIpc) is 3.52. The van der Waals surface area contributed by atoms with Crippen LogP contribution < -0.4 is 5.32 Å². The lowest BCUT2D eigenvalue weighted by Gasteiger charge is -2.07. The molecule has 37 heavy (non-hydrogen) atoms. The van der Waals surface area contributed by atoms with E-state index in [1.165, 1.54) is 12.1 Å². The molecule has 8 nitrogen and oxygen atoms in total. The maximum atomic E-state index is 13.9. The molecule has 0 fully saturated rings. The second-order valence-electron chi connectivity index (χ2n) is 8.80. The van der Waals surface area contributed by atoms with Gasteiger partial charge in [-0.2, -0.15) is 5.10 Å². The predicted octanol–water partition coefficient (Wildman–Crippen LogP) is 6.11. The molecule has 0 saturated heterocycles. The Morgan fingerprint density at radius 1 is 0.946 bits per heavy atom. The molecule has 0 radical (unpaired) electrons. The van der Waals surface area contributed by atoms with Crippen LogP contribution in [0.1, 0.15) is 19.8 Å². The van der Waals surface area contributed by atoms with Crippen molar-refractivity contribution in [3.8, 4) is 33.6 Å². The third kappa shape index (κ3) is 4.31. The highest BCUT2D eigenvalue weighted by Gasteiger charge is 2.15. The predicted molar refractivity (Wildman–Crippen MR) is 141 cm³/mol. The Bertz CT molecular complexity index is 1770. The standard InChI is InChI=1S/C28H22FN7O/c1-2-4-26(37)33-20-8-17(11-30-13-20)18-9-22-27(35-36-28(22)32-12-18)24-10-21-23(14-31-15-25(21)34-24)16-5-3-6-19(29)7-16/h3,5-15,34H,2,4H2,1H3,(H,33,37)(H,32,35,36). The Morgan fingerprint density at radius 3 is 2.68 bits per heavy atom. The molecule has 5 aromatic heterocycles. The molecular weight excluding hydrogens is 469 g/mol. The first-order chi connectivity index (χ1) is 18.1. The number of nitrogens with one attached hydrogen (secondary N) is 3. The molecule has 0 unspecified atom stereocenters. The third-order valence-corrected chi connectivity index (χ3v) is 6.19. The molecule has 6 aromatic rings. The van der Waals surface area contributed by atoms with Gasteiger partial charge in [0.25, 0.3) is 0 Å². The summed E-state index contributed by atoms with van der Waals surface area (Å²) in [6, 6.07) is 12.3. The number of halogens is 1. The summed E-state index contributed by atoms with van der Waals surface area (Å²) in [7, 11) is 0. The minimum absolute atomic E-state index is 0.0435. The Balaban J connectivity index is 1.40. The van der Waals surface area contributed by atoms with Crippen LogP contribution >= 0.6 is 0 Å². The number of hydrogen-bond acceptors (Lipinski definition) is 5. The second kappa shape index (κ2) is 9.27. The van der Waals surface area contributed by atoms with Crippen LogP contribution in [0.25, 0.3) is 55.6 Å². The van der Waals surface area contributed by atoms with Gasteiger partial charge >= 0.3 is 0 Å². The summed E-state index contributed by atoms with van der Waals surface area (Å²) in [6.45, 7) is 1.96. The Hall–Kier alpha value is -4.92. The lowest BCUT2D eigenvalue weighted by atomic mass is 10.0. The first kappa shape index (κ1) is 22.5. The van der Waals surface area contributed by atoms with Crippen molar-refractivity contribution >= 4 is 33.5 Å². The monoisotopic (exact) mass is 491 g/mol. The third-order valence-electron chi connectivity index (χ3n) is 6.19. The fourth-order valence-corrected chi connectivity index (χ4v) is 4.45. The van der Waals surface area contributed by atoms with Gasteiger partial charge in [-0.1, -0.05) is 19.1 Å². The summed E-state index contributed by atoms with van der Waals surface area (Å²) in [6.07, 6.45) is 9.80. The van der Waals surface area contributed by atoms with E-state index in [1.807, 2.05) is 31.2 Å². The minimum atomic E-state index is -0.299. The smallest absolute Gasteiger partial charge is 0.224 e. The van der Waals surface area contributed by atoms with E-state index in [0.29, 0.717) is 17.8 Å². The summed E-state index contributed by atoms with van der Waals surface area (Å²) >= 11 is 0. The quantitative estimate of drug-likeness (QED) is 0.260. The largest absolute Gasteiger partial charge is 0.352 e. The summed E-state index contributed by atoms with van der Waals surface area (Å²) in [4.78, 5) is 28.6. The number of carbonyl (C=O) groups is 1. The van der Waals surface area contributed by atoms with Crippen molar-refractivity contribution < 1.29 is 9.18 Å². The van der Waals surface area contributed by atoms with E-state index >= 15 is 0 Å². The maximum absolute atomic E-state index is 13.9. The van der Waals surface area contributed by atoms with Gasteiger partial charge in [0, 0.05) is 52.5 Å². The summed E-state index contributed by atoms with van der Waals surface area (Å²) in [5, 5.41) is 12.1. The van der Waals surface area contributed by atoms with Crippen molar-refractivity contribution in [2.24, 2.45) is 0 Å².